The molecule has 4 heteroatoms. The normalized spacial score (nSPS) is 10.3. The van der Waals surface area contributed by atoms with Gasteiger partial charge in [0, 0.05) is 6.54 Å². The summed E-state index contributed by atoms with van der Waals surface area (Å²) in [5.41, 5.74) is 1.56. The minimum absolute atomic E-state index is 0.268. The summed E-state index contributed by atoms with van der Waals surface area (Å²) in [6.45, 7) is 2.89. The number of rotatable bonds is 5. The average Bonchev–Trinajstić information content (AvgIpc) is 2.38. The topological polar surface area (TPSA) is 21.3 Å². The molecule has 0 atom stereocenters. The quantitative estimate of drug-likeness (QED) is 0.825. The Hall–Kier alpha value is -1.74. The van der Waals surface area contributed by atoms with Gasteiger partial charge in [0.2, 0.25) is 0 Å². The van der Waals surface area contributed by atoms with Gasteiger partial charge in [0.1, 0.15) is 18.2 Å². The summed E-state index contributed by atoms with van der Waals surface area (Å²) in [4.78, 5) is 0. The third-order valence-electron chi connectivity index (χ3n) is 2.64. The standard InChI is InChI=1S/C15H15ClFNO/c1-11-6-7-15(12(16)10-11)19-9-8-18-14-5-3-2-4-13(14)17/h2-7,10,18H,8-9H2,1H3. The van der Waals surface area contributed by atoms with E-state index in [4.69, 9.17) is 16.3 Å². The second-order valence-corrected chi connectivity index (χ2v) is 4.60. The van der Waals surface area contributed by atoms with Gasteiger partial charge in [-0.05, 0) is 36.8 Å². The van der Waals surface area contributed by atoms with E-state index in [1.807, 2.05) is 25.1 Å². The lowest BCUT2D eigenvalue weighted by atomic mass is 10.2. The van der Waals surface area contributed by atoms with Gasteiger partial charge in [-0.3, -0.25) is 0 Å². The molecule has 0 radical (unpaired) electrons. The maximum atomic E-state index is 13.3. The second-order valence-electron chi connectivity index (χ2n) is 4.19. The van der Waals surface area contributed by atoms with Gasteiger partial charge in [0.25, 0.3) is 0 Å². The summed E-state index contributed by atoms with van der Waals surface area (Å²) < 4.78 is 18.9. The first-order chi connectivity index (χ1) is 9.16. The number of anilines is 1. The third-order valence-corrected chi connectivity index (χ3v) is 2.93. The molecule has 2 nitrogen and oxygen atoms in total. The molecular formula is C15H15ClFNO. The lowest BCUT2D eigenvalue weighted by molar-refractivity contribution is 0.333. The van der Waals surface area contributed by atoms with Gasteiger partial charge in [-0.1, -0.05) is 29.8 Å². The smallest absolute Gasteiger partial charge is 0.146 e. The number of para-hydroxylation sites is 1. The molecule has 19 heavy (non-hydrogen) atoms. The van der Waals surface area contributed by atoms with E-state index >= 15 is 0 Å². The van der Waals surface area contributed by atoms with Crippen molar-refractivity contribution >= 4 is 17.3 Å². The maximum absolute atomic E-state index is 13.3. The largest absolute Gasteiger partial charge is 0.490 e. The molecule has 0 heterocycles. The van der Waals surface area contributed by atoms with E-state index in [0.29, 0.717) is 29.6 Å². The molecule has 2 rings (SSSR count). The van der Waals surface area contributed by atoms with Gasteiger partial charge in [-0.2, -0.15) is 0 Å². The molecule has 2 aromatic carbocycles. The van der Waals surface area contributed by atoms with Crippen LogP contribution in [0.4, 0.5) is 10.1 Å². The summed E-state index contributed by atoms with van der Waals surface area (Å²) in [6.07, 6.45) is 0. The number of hydrogen-bond acceptors (Lipinski definition) is 2. The van der Waals surface area contributed by atoms with Crippen LogP contribution in [0.2, 0.25) is 5.02 Å². The number of nitrogens with one attached hydrogen (secondary N) is 1. The first-order valence-corrected chi connectivity index (χ1v) is 6.42. The summed E-state index contributed by atoms with van der Waals surface area (Å²) in [6, 6.07) is 12.2. The highest BCUT2D eigenvalue weighted by molar-refractivity contribution is 6.32. The van der Waals surface area contributed by atoms with E-state index in [0.717, 1.165) is 5.56 Å². The number of hydrogen-bond donors (Lipinski definition) is 1. The summed E-state index contributed by atoms with van der Waals surface area (Å²) in [5.74, 6) is 0.374. The molecule has 0 saturated heterocycles. The first kappa shape index (κ1) is 13.7. The highest BCUT2D eigenvalue weighted by atomic mass is 35.5. The molecule has 0 spiro atoms. The molecule has 0 saturated carbocycles. The molecule has 0 aromatic heterocycles. The van der Waals surface area contributed by atoms with Crippen LogP contribution in [0.5, 0.6) is 5.75 Å². The lowest BCUT2D eigenvalue weighted by Gasteiger charge is -2.10. The Labute approximate surface area is 117 Å². The predicted octanol–water partition coefficient (Wildman–Crippen LogP) is 4.28. The van der Waals surface area contributed by atoms with Crippen LogP contribution in [0.25, 0.3) is 0 Å². The lowest BCUT2D eigenvalue weighted by Crippen LogP contribution is -2.12. The zero-order valence-electron chi connectivity index (χ0n) is 10.6. The van der Waals surface area contributed by atoms with Crippen molar-refractivity contribution in [3.8, 4) is 5.75 Å². The van der Waals surface area contributed by atoms with Crippen molar-refractivity contribution < 1.29 is 9.13 Å². The fourth-order valence-corrected chi connectivity index (χ4v) is 1.96. The maximum Gasteiger partial charge on any atom is 0.146 e. The average molecular weight is 280 g/mol. The van der Waals surface area contributed by atoms with E-state index in [2.05, 4.69) is 5.32 Å². The first-order valence-electron chi connectivity index (χ1n) is 6.04. The highest BCUT2D eigenvalue weighted by Crippen LogP contribution is 2.25. The van der Waals surface area contributed by atoms with Crippen molar-refractivity contribution in [3.63, 3.8) is 0 Å². The van der Waals surface area contributed by atoms with Gasteiger partial charge in [0.15, 0.2) is 0 Å². The molecule has 0 unspecified atom stereocenters. The van der Waals surface area contributed by atoms with Gasteiger partial charge in [0.05, 0.1) is 10.7 Å². The van der Waals surface area contributed by atoms with E-state index in [-0.39, 0.29) is 5.82 Å². The van der Waals surface area contributed by atoms with Crippen LogP contribution in [-0.2, 0) is 0 Å². The van der Waals surface area contributed by atoms with Crippen LogP contribution in [0.3, 0.4) is 0 Å². The Balaban J connectivity index is 1.83. The Kier molecular flexibility index (Phi) is 4.63. The van der Waals surface area contributed by atoms with E-state index in [9.17, 15) is 4.39 Å². The Morgan fingerprint density at radius 3 is 2.74 bits per heavy atom. The molecule has 0 aliphatic rings. The Morgan fingerprint density at radius 2 is 2.00 bits per heavy atom. The zero-order chi connectivity index (χ0) is 13.7. The second kappa shape index (κ2) is 6.43. The fourth-order valence-electron chi connectivity index (χ4n) is 1.67. The monoisotopic (exact) mass is 279 g/mol. The summed E-state index contributed by atoms with van der Waals surface area (Å²) >= 11 is 6.05. The Morgan fingerprint density at radius 1 is 1.21 bits per heavy atom. The summed E-state index contributed by atoms with van der Waals surface area (Å²) in [7, 11) is 0. The number of aryl methyl sites for hydroxylation is 1. The minimum Gasteiger partial charge on any atom is -0.490 e. The van der Waals surface area contributed by atoms with Gasteiger partial charge in [-0.15, -0.1) is 0 Å². The van der Waals surface area contributed by atoms with Crippen molar-refractivity contribution in [3.05, 3.63) is 58.9 Å². The minimum atomic E-state index is -0.268. The van der Waals surface area contributed by atoms with Gasteiger partial charge < -0.3 is 10.1 Å². The van der Waals surface area contributed by atoms with Crippen LogP contribution in [0, 0.1) is 12.7 Å². The molecule has 0 amide bonds. The van der Waals surface area contributed by atoms with Crippen LogP contribution in [0.15, 0.2) is 42.5 Å². The van der Waals surface area contributed by atoms with E-state index in [1.54, 1.807) is 18.2 Å². The number of benzene rings is 2. The molecule has 0 aliphatic heterocycles. The van der Waals surface area contributed by atoms with Crippen LogP contribution < -0.4 is 10.1 Å². The highest BCUT2D eigenvalue weighted by Gasteiger charge is 2.02. The van der Waals surface area contributed by atoms with Crippen molar-refractivity contribution in [2.75, 3.05) is 18.5 Å². The van der Waals surface area contributed by atoms with E-state index in [1.165, 1.54) is 6.07 Å². The van der Waals surface area contributed by atoms with Crippen molar-refractivity contribution in [2.24, 2.45) is 0 Å². The van der Waals surface area contributed by atoms with Crippen molar-refractivity contribution in [1.82, 2.24) is 0 Å². The molecule has 0 aliphatic carbocycles. The fraction of sp³-hybridized carbons (Fsp3) is 0.200. The number of ether oxygens (including phenoxy) is 1. The zero-order valence-corrected chi connectivity index (χ0v) is 11.4. The summed E-state index contributed by atoms with van der Waals surface area (Å²) in [5, 5.41) is 3.56. The van der Waals surface area contributed by atoms with Crippen LogP contribution in [0.1, 0.15) is 5.56 Å². The van der Waals surface area contributed by atoms with Crippen LogP contribution in [-0.4, -0.2) is 13.2 Å². The molecule has 0 bridgehead atoms. The molecule has 0 fully saturated rings. The van der Waals surface area contributed by atoms with Gasteiger partial charge >= 0.3 is 0 Å². The molecule has 100 valence electrons. The van der Waals surface area contributed by atoms with E-state index < -0.39 is 0 Å². The molecular weight excluding hydrogens is 265 g/mol. The third kappa shape index (κ3) is 3.86. The number of halogens is 2. The molecule has 2 aromatic rings. The molecule has 1 N–H and O–H groups in total. The van der Waals surface area contributed by atoms with Gasteiger partial charge in [-0.25, -0.2) is 4.39 Å². The van der Waals surface area contributed by atoms with Crippen molar-refractivity contribution in [1.29, 1.82) is 0 Å². The van der Waals surface area contributed by atoms with Crippen LogP contribution >= 0.6 is 11.6 Å². The SMILES string of the molecule is Cc1ccc(OCCNc2ccccc2F)c(Cl)c1. The predicted molar refractivity (Wildman–Crippen MR) is 76.6 cm³/mol. The Bertz CT molecular complexity index is 560. The van der Waals surface area contributed by atoms with Crippen molar-refractivity contribution in [2.45, 2.75) is 6.92 Å².